The van der Waals surface area contributed by atoms with E-state index in [9.17, 15) is 15.2 Å². The van der Waals surface area contributed by atoms with Crippen molar-refractivity contribution in [3.63, 3.8) is 0 Å². The van der Waals surface area contributed by atoms with Crippen LogP contribution in [0.15, 0.2) is 66.7 Å². The fourth-order valence-corrected chi connectivity index (χ4v) is 5.60. The Bertz CT molecular complexity index is 1350. The number of nitriles is 1. The third kappa shape index (κ3) is 6.57. The predicted octanol–water partition coefficient (Wildman–Crippen LogP) is 6.12. The van der Waals surface area contributed by atoms with Gasteiger partial charge in [-0.2, -0.15) is 5.26 Å². The minimum atomic E-state index is -1.18. The normalized spacial score (nSPS) is 17.4. The monoisotopic (exact) mass is 564 g/mol. The number of carbonyl (C=O) groups excluding carboxylic acids is 1. The third-order valence-electron chi connectivity index (χ3n) is 7.42. The summed E-state index contributed by atoms with van der Waals surface area (Å²) < 4.78 is 0. The highest BCUT2D eigenvalue weighted by Crippen LogP contribution is 2.35. The van der Waals surface area contributed by atoms with Crippen LogP contribution >= 0.6 is 23.2 Å². The molecule has 3 aromatic rings. The molecule has 8 heteroatoms. The van der Waals surface area contributed by atoms with Crippen molar-refractivity contribution in [2.75, 3.05) is 44.2 Å². The number of hydrogen-bond acceptors (Lipinski definition) is 5. The molecule has 0 aliphatic carbocycles. The van der Waals surface area contributed by atoms with Crippen LogP contribution in [-0.4, -0.2) is 60.1 Å². The highest BCUT2D eigenvalue weighted by molar-refractivity contribution is 6.31. The van der Waals surface area contributed by atoms with E-state index < -0.39 is 5.60 Å². The van der Waals surface area contributed by atoms with Gasteiger partial charge < -0.3 is 14.9 Å². The van der Waals surface area contributed by atoms with Gasteiger partial charge in [-0.05, 0) is 74.4 Å². The molecule has 0 aromatic heterocycles. The Morgan fingerprint density at radius 1 is 1.05 bits per heavy atom. The van der Waals surface area contributed by atoms with Crippen LogP contribution in [0.4, 0.5) is 5.69 Å². The van der Waals surface area contributed by atoms with E-state index in [1.807, 2.05) is 56.3 Å². The molecule has 1 saturated heterocycles. The Morgan fingerprint density at radius 3 is 2.41 bits per heavy atom. The quantitative estimate of drug-likeness (QED) is 0.357. The zero-order valence-electron chi connectivity index (χ0n) is 22.6. The largest absolute Gasteiger partial charge is 0.384 e. The highest BCUT2D eigenvalue weighted by atomic mass is 35.5. The number of halogens is 2. The molecule has 6 nitrogen and oxygen atoms in total. The Morgan fingerprint density at radius 2 is 1.74 bits per heavy atom. The van der Waals surface area contributed by atoms with E-state index in [-0.39, 0.29) is 11.9 Å². The van der Waals surface area contributed by atoms with Gasteiger partial charge in [-0.15, -0.1) is 0 Å². The van der Waals surface area contributed by atoms with Crippen molar-refractivity contribution >= 4 is 34.8 Å². The van der Waals surface area contributed by atoms with Gasteiger partial charge in [-0.1, -0.05) is 47.5 Å². The van der Waals surface area contributed by atoms with E-state index >= 15 is 0 Å². The first-order valence-electron chi connectivity index (χ1n) is 13.2. The average molecular weight is 566 g/mol. The summed E-state index contributed by atoms with van der Waals surface area (Å²) in [5.41, 5.74) is 2.52. The molecule has 1 heterocycles. The van der Waals surface area contributed by atoms with Crippen molar-refractivity contribution in [3.8, 4) is 6.07 Å². The molecule has 2 atom stereocenters. The summed E-state index contributed by atoms with van der Waals surface area (Å²) in [5.74, 6) is -0.0367. The van der Waals surface area contributed by atoms with Gasteiger partial charge in [-0.3, -0.25) is 9.69 Å². The Kier molecular flexibility index (Phi) is 9.19. The van der Waals surface area contributed by atoms with Crippen LogP contribution in [0, 0.1) is 11.3 Å². The Balaban J connectivity index is 1.60. The molecule has 0 bridgehead atoms. The molecule has 4 rings (SSSR count). The molecule has 0 saturated carbocycles. The van der Waals surface area contributed by atoms with Crippen molar-refractivity contribution in [2.24, 2.45) is 0 Å². The standard InChI is InChI=1S/C31H34Cl2N4O2/c1-4-36(5-2)30(38)23-7-6-8-25(17-23)31(3,39)21-35-15-16-37(28-14-13-27(33)18-24(28)19-34)29(20-35)22-9-11-26(32)12-10-22/h6-14,17-18,29,39H,4-5,15-16,20-21H2,1-3H3/t29-,31+/m0/s1. The first-order chi connectivity index (χ1) is 18.7. The summed E-state index contributed by atoms with van der Waals surface area (Å²) in [7, 11) is 0. The van der Waals surface area contributed by atoms with Crippen LogP contribution in [-0.2, 0) is 5.60 Å². The second kappa shape index (κ2) is 12.4. The van der Waals surface area contributed by atoms with Gasteiger partial charge in [0.25, 0.3) is 5.91 Å². The van der Waals surface area contributed by atoms with E-state index in [0.717, 1.165) is 11.3 Å². The molecule has 0 spiro atoms. The molecule has 1 aliphatic rings. The summed E-state index contributed by atoms with van der Waals surface area (Å²) in [6.45, 7) is 9.34. The first-order valence-corrected chi connectivity index (χ1v) is 14.0. The van der Waals surface area contributed by atoms with Gasteiger partial charge in [0, 0.05) is 54.9 Å². The van der Waals surface area contributed by atoms with Gasteiger partial charge in [0.1, 0.15) is 6.07 Å². The van der Waals surface area contributed by atoms with Crippen molar-refractivity contribution in [3.05, 3.63) is 99.0 Å². The van der Waals surface area contributed by atoms with Gasteiger partial charge in [-0.25, -0.2) is 0 Å². The molecule has 1 N–H and O–H groups in total. The maximum Gasteiger partial charge on any atom is 0.253 e. The summed E-state index contributed by atoms with van der Waals surface area (Å²) in [6.07, 6.45) is 0. The molecule has 204 valence electrons. The molecule has 0 radical (unpaired) electrons. The fraction of sp³-hybridized carbons (Fsp3) is 0.355. The van der Waals surface area contributed by atoms with Gasteiger partial charge >= 0.3 is 0 Å². The van der Waals surface area contributed by atoms with Gasteiger partial charge in [0.15, 0.2) is 0 Å². The summed E-state index contributed by atoms with van der Waals surface area (Å²) in [5, 5.41) is 22.6. The number of anilines is 1. The molecule has 39 heavy (non-hydrogen) atoms. The molecular formula is C31H34Cl2N4O2. The second-order valence-corrected chi connectivity index (χ2v) is 11.0. The number of hydrogen-bond donors (Lipinski definition) is 1. The molecule has 0 unspecified atom stereocenters. The smallest absolute Gasteiger partial charge is 0.253 e. The van der Waals surface area contributed by atoms with E-state index in [4.69, 9.17) is 23.2 Å². The van der Waals surface area contributed by atoms with Crippen LogP contribution < -0.4 is 4.90 Å². The average Bonchev–Trinajstić information content (AvgIpc) is 2.94. The highest BCUT2D eigenvalue weighted by Gasteiger charge is 2.34. The Hall–Kier alpha value is -3.08. The third-order valence-corrected chi connectivity index (χ3v) is 7.91. The van der Waals surface area contributed by atoms with Crippen molar-refractivity contribution in [1.82, 2.24) is 9.80 Å². The molecule has 1 amide bonds. The van der Waals surface area contributed by atoms with Crippen molar-refractivity contribution < 1.29 is 9.90 Å². The molecular weight excluding hydrogens is 531 g/mol. The number of amides is 1. The van der Waals surface area contributed by atoms with Crippen LogP contribution in [0.5, 0.6) is 0 Å². The summed E-state index contributed by atoms with van der Waals surface area (Å²) in [6, 6.07) is 22.7. The number of β-amino-alcohol motifs (C(OH)–C–C–N with tert-alkyl or cyclic N) is 1. The lowest BCUT2D eigenvalue weighted by Crippen LogP contribution is -2.52. The molecule has 1 fully saturated rings. The lowest BCUT2D eigenvalue weighted by Gasteiger charge is -2.45. The van der Waals surface area contributed by atoms with Crippen LogP contribution in [0.25, 0.3) is 0 Å². The van der Waals surface area contributed by atoms with Crippen molar-refractivity contribution in [2.45, 2.75) is 32.4 Å². The van der Waals surface area contributed by atoms with E-state index in [0.29, 0.717) is 66.0 Å². The zero-order valence-corrected chi connectivity index (χ0v) is 24.1. The Labute approximate surface area is 241 Å². The lowest BCUT2D eigenvalue weighted by molar-refractivity contribution is 0.0102. The minimum absolute atomic E-state index is 0.0367. The first kappa shape index (κ1) is 28.9. The molecule has 3 aromatic carbocycles. The van der Waals surface area contributed by atoms with Gasteiger partial charge in [0.2, 0.25) is 0 Å². The van der Waals surface area contributed by atoms with Crippen LogP contribution in [0.1, 0.15) is 53.9 Å². The second-order valence-electron chi connectivity index (χ2n) is 10.1. The maximum atomic E-state index is 12.9. The number of aliphatic hydroxyl groups is 1. The fourth-order valence-electron chi connectivity index (χ4n) is 5.30. The SMILES string of the molecule is CCN(CC)C(=O)c1cccc([C@](C)(O)CN2CCN(c3ccc(Cl)cc3C#N)[C@H](c3ccc(Cl)cc3)C2)c1. The topological polar surface area (TPSA) is 70.8 Å². The van der Waals surface area contributed by atoms with Crippen molar-refractivity contribution in [1.29, 1.82) is 5.26 Å². The number of carbonyl (C=O) groups is 1. The number of benzene rings is 3. The van der Waals surface area contributed by atoms with E-state index in [2.05, 4.69) is 15.9 Å². The lowest BCUT2D eigenvalue weighted by atomic mass is 9.92. The molecule has 1 aliphatic heterocycles. The number of nitrogens with zero attached hydrogens (tertiary/aromatic N) is 4. The van der Waals surface area contributed by atoms with E-state index in [1.165, 1.54) is 0 Å². The van der Waals surface area contributed by atoms with Gasteiger partial charge in [0.05, 0.1) is 22.9 Å². The van der Waals surface area contributed by atoms with Crippen LogP contribution in [0.2, 0.25) is 10.0 Å². The summed E-state index contributed by atoms with van der Waals surface area (Å²) >= 11 is 12.4. The maximum absolute atomic E-state index is 12.9. The number of rotatable bonds is 8. The minimum Gasteiger partial charge on any atom is -0.384 e. The predicted molar refractivity (Wildman–Crippen MR) is 157 cm³/mol. The zero-order chi connectivity index (χ0) is 28.2. The summed E-state index contributed by atoms with van der Waals surface area (Å²) in [4.78, 5) is 19.2. The van der Waals surface area contributed by atoms with Crippen LogP contribution in [0.3, 0.4) is 0 Å². The van der Waals surface area contributed by atoms with E-state index in [1.54, 1.807) is 36.1 Å². The number of piperazine rings is 1.